The Morgan fingerprint density at radius 1 is 1.28 bits per heavy atom. The zero-order chi connectivity index (χ0) is 17.4. The van der Waals surface area contributed by atoms with Crippen LogP contribution in [-0.4, -0.2) is 56.8 Å². The molecule has 0 aliphatic carbocycles. The average Bonchev–Trinajstić information content (AvgIpc) is 3.23. The van der Waals surface area contributed by atoms with Crippen LogP contribution in [0.25, 0.3) is 10.9 Å². The summed E-state index contributed by atoms with van der Waals surface area (Å²) in [4.78, 5) is 16.5. The molecule has 1 fully saturated rings. The highest BCUT2D eigenvalue weighted by molar-refractivity contribution is 9.10. The minimum Gasteiger partial charge on any atom is -0.351 e. The Labute approximate surface area is 153 Å². The smallest absolute Gasteiger partial charge is 0.292 e. The lowest BCUT2D eigenvalue weighted by atomic mass is 10.2. The lowest BCUT2D eigenvalue weighted by Gasteiger charge is -2.34. The van der Waals surface area contributed by atoms with Gasteiger partial charge in [0, 0.05) is 42.1 Å². The molecule has 1 amide bonds. The van der Waals surface area contributed by atoms with Gasteiger partial charge in [0.15, 0.2) is 0 Å². The van der Waals surface area contributed by atoms with E-state index in [-0.39, 0.29) is 5.91 Å². The highest BCUT2D eigenvalue weighted by atomic mass is 79.9. The summed E-state index contributed by atoms with van der Waals surface area (Å²) in [6.07, 6.45) is 1.88. The minimum atomic E-state index is -0.0891. The van der Waals surface area contributed by atoms with Crippen molar-refractivity contribution in [2.24, 2.45) is 0 Å². The van der Waals surface area contributed by atoms with Crippen molar-refractivity contribution >= 4 is 32.7 Å². The molecular formula is C17H18BrN5O2. The van der Waals surface area contributed by atoms with Crippen LogP contribution in [-0.2, 0) is 6.67 Å². The first-order valence-electron chi connectivity index (χ1n) is 8.17. The predicted octanol–water partition coefficient (Wildman–Crippen LogP) is 2.51. The van der Waals surface area contributed by atoms with Gasteiger partial charge in [-0.05, 0) is 19.1 Å². The molecule has 7 nitrogen and oxygen atoms in total. The Morgan fingerprint density at radius 3 is 2.80 bits per heavy atom. The van der Waals surface area contributed by atoms with Crippen molar-refractivity contribution in [2.45, 2.75) is 13.6 Å². The summed E-state index contributed by atoms with van der Waals surface area (Å²) < 4.78 is 8.12. The topological polar surface area (TPSA) is 67.4 Å². The molecular weight excluding hydrogens is 386 g/mol. The van der Waals surface area contributed by atoms with Crippen molar-refractivity contribution < 1.29 is 9.32 Å². The quantitative estimate of drug-likeness (QED) is 0.671. The fourth-order valence-corrected chi connectivity index (χ4v) is 3.54. The van der Waals surface area contributed by atoms with E-state index in [2.05, 4.69) is 37.2 Å². The molecule has 3 heterocycles. The Kier molecular flexibility index (Phi) is 4.30. The number of hydrogen-bond acceptors (Lipinski definition) is 5. The molecule has 1 aliphatic heterocycles. The summed E-state index contributed by atoms with van der Waals surface area (Å²) in [5.74, 6) is 0.225. The predicted molar refractivity (Wildman–Crippen MR) is 96.1 cm³/mol. The summed E-state index contributed by atoms with van der Waals surface area (Å²) in [6.45, 7) is 5.46. The van der Waals surface area contributed by atoms with Gasteiger partial charge in [0.1, 0.15) is 0 Å². The van der Waals surface area contributed by atoms with E-state index in [1.54, 1.807) is 6.07 Å². The molecule has 0 unspecified atom stereocenters. The summed E-state index contributed by atoms with van der Waals surface area (Å²) >= 11 is 3.56. The number of benzene rings is 1. The average molecular weight is 404 g/mol. The standard InChI is InChI=1S/C17H18BrN5O2/c1-12-9-16(25-20-12)17(24)22-7-5-21(6-8-22)11-23-15-4-2-3-14(18)13(15)10-19-23/h2-4,9-10H,5-8,11H2,1H3. The molecule has 1 saturated heterocycles. The molecule has 4 rings (SSSR count). The van der Waals surface area contributed by atoms with Crippen LogP contribution in [0.2, 0.25) is 0 Å². The van der Waals surface area contributed by atoms with E-state index in [9.17, 15) is 4.79 Å². The number of nitrogens with zero attached hydrogens (tertiary/aromatic N) is 5. The van der Waals surface area contributed by atoms with Crippen LogP contribution < -0.4 is 0 Å². The normalized spacial score (nSPS) is 15.8. The molecule has 0 saturated carbocycles. The highest BCUT2D eigenvalue weighted by Gasteiger charge is 2.25. The number of piperazine rings is 1. The van der Waals surface area contributed by atoms with Gasteiger partial charge in [-0.2, -0.15) is 5.10 Å². The van der Waals surface area contributed by atoms with Gasteiger partial charge in [0.05, 0.1) is 24.1 Å². The Bertz CT molecular complexity index is 911. The molecule has 0 atom stereocenters. The monoisotopic (exact) mass is 403 g/mol. The van der Waals surface area contributed by atoms with Crippen LogP contribution in [0.5, 0.6) is 0 Å². The number of carbonyl (C=O) groups excluding carboxylic acids is 1. The third-order valence-electron chi connectivity index (χ3n) is 4.47. The van der Waals surface area contributed by atoms with E-state index in [4.69, 9.17) is 4.52 Å². The molecule has 1 aliphatic rings. The molecule has 0 bridgehead atoms. The highest BCUT2D eigenvalue weighted by Crippen LogP contribution is 2.23. The fourth-order valence-electron chi connectivity index (χ4n) is 3.08. The number of halogens is 1. The van der Waals surface area contributed by atoms with Crippen LogP contribution in [0.1, 0.15) is 16.2 Å². The summed E-state index contributed by atoms with van der Waals surface area (Å²) in [5.41, 5.74) is 1.82. The fraction of sp³-hybridized carbons (Fsp3) is 0.353. The van der Waals surface area contributed by atoms with Crippen molar-refractivity contribution in [3.05, 3.63) is 46.4 Å². The van der Waals surface area contributed by atoms with Gasteiger partial charge >= 0.3 is 0 Å². The largest absolute Gasteiger partial charge is 0.351 e. The van der Waals surface area contributed by atoms with E-state index in [1.807, 2.05) is 34.8 Å². The first-order chi connectivity index (χ1) is 12.1. The van der Waals surface area contributed by atoms with Crippen molar-refractivity contribution in [3.8, 4) is 0 Å². The number of amides is 1. The molecule has 0 spiro atoms. The van der Waals surface area contributed by atoms with E-state index in [0.29, 0.717) is 25.5 Å². The van der Waals surface area contributed by atoms with E-state index >= 15 is 0 Å². The van der Waals surface area contributed by atoms with Crippen molar-refractivity contribution in [2.75, 3.05) is 26.2 Å². The maximum Gasteiger partial charge on any atom is 0.292 e. The van der Waals surface area contributed by atoms with Crippen molar-refractivity contribution in [3.63, 3.8) is 0 Å². The third-order valence-corrected chi connectivity index (χ3v) is 5.16. The van der Waals surface area contributed by atoms with Crippen LogP contribution in [0.3, 0.4) is 0 Å². The molecule has 0 radical (unpaired) electrons. The number of hydrogen-bond donors (Lipinski definition) is 0. The SMILES string of the molecule is Cc1cc(C(=O)N2CCN(Cn3ncc4c(Br)cccc43)CC2)on1. The molecule has 25 heavy (non-hydrogen) atoms. The number of aryl methyl sites for hydroxylation is 1. The van der Waals surface area contributed by atoms with Gasteiger partial charge in [0.25, 0.3) is 5.91 Å². The maximum atomic E-state index is 12.4. The zero-order valence-electron chi connectivity index (χ0n) is 13.9. The van der Waals surface area contributed by atoms with Gasteiger partial charge in [0.2, 0.25) is 5.76 Å². The minimum absolute atomic E-state index is 0.0891. The Morgan fingerprint density at radius 2 is 2.08 bits per heavy atom. The van der Waals surface area contributed by atoms with Crippen LogP contribution in [0.4, 0.5) is 0 Å². The third kappa shape index (κ3) is 3.19. The molecule has 3 aromatic rings. The summed E-state index contributed by atoms with van der Waals surface area (Å²) in [6, 6.07) is 7.78. The van der Waals surface area contributed by atoms with Crippen molar-refractivity contribution in [1.82, 2.24) is 24.7 Å². The lowest BCUT2D eigenvalue weighted by Crippen LogP contribution is -2.49. The lowest BCUT2D eigenvalue weighted by molar-refractivity contribution is 0.0552. The number of carbonyl (C=O) groups is 1. The van der Waals surface area contributed by atoms with Crippen LogP contribution in [0, 0.1) is 6.92 Å². The van der Waals surface area contributed by atoms with E-state index in [1.165, 1.54) is 0 Å². The first-order valence-corrected chi connectivity index (χ1v) is 8.96. The molecule has 1 aromatic carbocycles. The Hall–Kier alpha value is -2.19. The summed E-state index contributed by atoms with van der Waals surface area (Å²) in [5, 5.41) is 9.39. The molecule has 0 N–H and O–H groups in total. The molecule has 8 heteroatoms. The Balaban J connectivity index is 1.40. The second kappa shape index (κ2) is 6.61. The number of aromatic nitrogens is 3. The van der Waals surface area contributed by atoms with Crippen LogP contribution >= 0.6 is 15.9 Å². The second-order valence-corrected chi connectivity index (χ2v) is 7.06. The van der Waals surface area contributed by atoms with Gasteiger partial charge in [-0.25, -0.2) is 0 Å². The van der Waals surface area contributed by atoms with Gasteiger partial charge < -0.3 is 9.42 Å². The molecule has 2 aromatic heterocycles. The molecule has 130 valence electrons. The second-order valence-electron chi connectivity index (χ2n) is 6.20. The van der Waals surface area contributed by atoms with E-state index in [0.717, 1.165) is 34.2 Å². The van der Waals surface area contributed by atoms with Gasteiger partial charge in [-0.1, -0.05) is 27.2 Å². The van der Waals surface area contributed by atoms with Crippen molar-refractivity contribution in [1.29, 1.82) is 0 Å². The van der Waals surface area contributed by atoms with Gasteiger partial charge in [-0.3, -0.25) is 14.4 Å². The maximum absolute atomic E-state index is 12.4. The van der Waals surface area contributed by atoms with Crippen LogP contribution in [0.15, 0.2) is 39.5 Å². The first kappa shape index (κ1) is 16.3. The number of rotatable bonds is 3. The van der Waals surface area contributed by atoms with Gasteiger partial charge in [-0.15, -0.1) is 0 Å². The van der Waals surface area contributed by atoms with E-state index < -0.39 is 0 Å². The summed E-state index contributed by atoms with van der Waals surface area (Å²) in [7, 11) is 0. The zero-order valence-corrected chi connectivity index (χ0v) is 15.4. The number of fused-ring (bicyclic) bond motifs is 1.